The van der Waals surface area contributed by atoms with Crippen LogP contribution in [-0.4, -0.2) is 44.2 Å². The van der Waals surface area contributed by atoms with Gasteiger partial charge in [-0.3, -0.25) is 9.59 Å². The molecule has 0 fully saturated rings. The van der Waals surface area contributed by atoms with Crippen LogP contribution >= 0.6 is 0 Å². The second-order valence-corrected chi connectivity index (χ2v) is 4.19. The smallest absolute Gasteiger partial charge is 0.243 e. The zero-order valence-electron chi connectivity index (χ0n) is 11.3. The molecule has 0 saturated carbocycles. The van der Waals surface area contributed by atoms with E-state index in [9.17, 15) is 9.59 Å². The van der Waals surface area contributed by atoms with Gasteiger partial charge in [0.1, 0.15) is 6.61 Å². The number of unbranched alkanes of at least 4 members (excludes halogenated alkanes) is 2. The van der Waals surface area contributed by atoms with Crippen molar-refractivity contribution in [2.75, 3.05) is 26.3 Å². The molecule has 6 heteroatoms. The molecular formula is C12H25N3O3. The third-order valence-electron chi connectivity index (χ3n) is 2.41. The molecule has 1 unspecified atom stereocenters. The molecule has 0 spiro atoms. The maximum Gasteiger partial charge on any atom is 0.243 e. The highest BCUT2D eigenvalue weighted by atomic mass is 16.5. The van der Waals surface area contributed by atoms with Gasteiger partial charge >= 0.3 is 0 Å². The van der Waals surface area contributed by atoms with Crippen molar-refractivity contribution >= 4 is 11.8 Å². The van der Waals surface area contributed by atoms with Crippen molar-refractivity contribution in [3.63, 3.8) is 0 Å². The standard InChI is InChI=1S/C12H25N3O3/c1-3-4-5-6-15-12(17)10(2)14-7-8-18-9-11(13)16/h10,14H,3-9H2,1-2H3,(H2,13,16)(H,15,17). The van der Waals surface area contributed by atoms with Crippen molar-refractivity contribution in [3.05, 3.63) is 0 Å². The molecule has 0 saturated heterocycles. The van der Waals surface area contributed by atoms with Crippen molar-refractivity contribution in [1.82, 2.24) is 10.6 Å². The van der Waals surface area contributed by atoms with Crippen LogP contribution in [0.2, 0.25) is 0 Å². The normalized spacial score (nSPS) is 12.1. The van der Waals surface area contributed by atoms with E-state index in [0.29, 0.717) is 13.2 Å². The highest BCUT2D eigenvalue weighted by Gasteiger charge is 2.10. The molecule has 0 radical (unpaired) electrons. The fourth-order valence-corrected chi connectivity index (χ4v) is 1.35. The van der Waals surface area contributed by atoms with Crippen LogP contribution in [0, 0.1) is 0 Å². The lowest BCUT2D eigenvalue weighted by Gasteiger charge is -2.13. The van der Waals surface area contributed by atoms with Crippen molar-refractivity contribution in [3.8, 4) is 0 Å². The summed E-state index contributed by atoms with van der Waals surface area (Å²) in [6, 6.07) is -0.260. The lowest BCUT2D eigenvalue weighted by Crippen LogP contribution is -2.43. The van der Waals surface area contributed by atoms with Gasteiger partial charge in [-0.2, -0.15) is 0 Å². The molecule has 0 bridgehead atoms. The molecule has 0 aromatic heterocycles. The topological polar surface area (TPSA) is 93.4 Å². The summed E-state index contributed by atoms with van der Waals surface area (Å²) in [5.74, 6) is -0.502. The van der Waals surface area contributed by atoms with E-state index >= 15 is 0 Å². The molecule has 1 atom stereocenters. The maximum atomic E-state index is 11.6. The van der Waals surface area contributed by atoms with Gasteiger partial charge in [0, 0.05) is 13.1 Å². The summed E-state index contributed by atoms with van der Waals surface area (Å²) in [5.41, 5.74) is 4.91. The predicted molar refractivity (Wildman–Crippen MR) is 70.0 cm³/mol. The van der Waals surface area contributed by atoms with E-state index in [0.717, 1.165) is 25.8 Å². The molecule has 0 aliphatic carbocycles. The molecule has 0 rings (SSSR count). The minimum Gasteiger partial charge on any atom is -0.370 e. The van der Waals surface area contributed by atoms with E-state index in [1.54, 1.807) is 6.92 Å². The van der Waals surface area contributed by atoms with E-state index in [4.69, 9.17) is 10.5 Å². The van der Waals surface area contributed by atoms with Crippen LogP contribution in [0.3, 0.4) is 0 Å². The van der Waals surface area contributed by atoms with E-state index < -0.39 is 5.91 Å². The van der Waals surface area contributed by atoms with E-state index in [-0.39, 0.29) is 18.6 Å². The number of carbonyl (C=O) groups is 2. The van der Waals surface area contributed by atoms with Crippen LogP contribution in [0.25, 0.3) is 0 Å². The molecule has 2 amide bonds. The number of hydrogen-bond donors (Lipinski definition) is 3. The molecule has 106 valence electrons. The molecule has 0 heterocycles. The summed E-state index contributed by atoms with van der Waals surface area (Å²) < 4.78 is 4.97. The van der Waals surface area contributed by atoms with E-state index in [1.165, 1.54) is 0 Å². The molecule has 0 aromatic carbocycles. The number of rotatable bonds is 11. The zero-order chi connectivity index (χ0) is 13.8. The van der Waals surface area contributed by atoms with Gasteiger partial charge in [-0.15, -0.1) is 0 Å². The fourth-order valence-electron chi connectivity index (χ4n) is 1.35. The average molecular weight is 259 g/mol. The first-order valence-electron chi connectivity index (χ1n) is 6.45. The van der Waals surface area contributed by atoms with Crippen molar-refractivity contribution in [2.24, 2.45) is 5.73 Å². The Morgan fingerprint density at radius 1 is 1.28 bits per heavy atom. The van der Waals surface area contributed by atoms with Gasteiger partial charge in [0.2, 0.25) is 11.8 Å². The van der Waals surface area contributed by atoms with E-state index in [1.807, 2.05) is 0 Å². The number of amides is 2. The summed E-state index contributed by atoms with van der Waals surface area (Å²) >= 11 is 0. The minimum atomic E-state index is -0.489. The van der Waals surface area contributed by atoms with Crippen molar-refractivity contribution in [1.29, 1.82) is 0 Å². The minimum absolute atomic E-state index is 0.0130. The van der Waals surface area contributed by atoms with Gasteiger partial charge < -0.3 is 21.1 Å². The third-order valence-corrected chi connectivity index (χ3v) is 2.41. The van der Waals surface area contributed by atoms with Crippen molar-refractivity contribution < 1.29 is 14.3 Å². The Morgan fingerprint density at radius 3 is 2.61 bits per heavy atom. The van der Waals surface area contributed by atoms with Crippen molar-refractivity contribution in [2.45, 2.75) is 39.2 Å². The third kappa shape index (κ3) is 10.0. The molecule has 6 nitrogen and oxygen atoms in total. The Balaban J connectivity index is 3.46. The summed E-state index contributed by atoms with van der Waals surface area (Å²) in [6.07, 6.45) is 3.28. The number of nitrogens with two attached hydrogens (primary N) is 1. The Labute approximate surface area is 109 Å². The lowest BCUT2D eigenvalue weighted by molar-refractivity contribution is -0.124. The quantitative estimate of drug-likeness (QED) is 0.447. The Kier molecular flexibility index (Phi) is 10.3. The number of ether oxygens (including phenoxy) is 1. The maximum absolute atomic E-state index is 11.6. The largest absolute Gasteiger partial charge is 0.370 e. The molecule has 0 aromatic rings. The number of hydrogen-bond acceptors (Lipinski definition) is 4. The van der Waals surface area contributed by atoms with Crippen LogP contribution in [0.4, 0.5) is 0 Å². The first kappa shape index (κ1) is 16.9. The van der Waals surface area contributed by atoms with Crippen LogP contribution in [0.15, 0.2) is 0 Å². The second kappa shape index (κ2) is 11.0. The molecule has 18 heavy (non-hydrogen) atoms. The molecular weight excluding hydrogens is 234 g/mol. The van der Waals surface area contributed by atoms with Crippen LogP contribution in [0.1, 0.15) is 33.1 Å². The highest BCUT2D eigenvalue weighted by molar-refractivity contribution is 5.81. The predicted octanol–water partition coefficient (Wildman–Crippen LogP) is -0.227. The van der Waals surface area contributed by atoms with Crippen LogP contribution in [-0.2, 0) is 14.3 Å². The second-order valence-electron chi connectivity index (χ2n) is 4.19. The number of nitrogens with one attached hydrogen (secondary N) is 2. The number of primary amides is 1. The Hall–Kier alpha value is -1.14. The summed E-state index contributed by atoms with van der Waals surface area (Å²) in [6.45, 7) is 5.42. The highest BCUT2D eigenvalue weighted by Crippen LogP contribution is 1.91. The molecule has 0 aliphatic rings. The van der Waals surface area contributed by atoms with Gasteiger partial charge in [-0.1, -0.05) is 19.8 Å². The summed E-state index contributed by atoms with van der Waals surface area (Å²) in [4.78, 5) is 22.0. The molecule has 0 aliphatic heterocycles. The SMILES string of the molecule is CCCCCNC(=O)C(C)NCCOCC(N)=O. The van der Waals surface area contributed by atoms with Gasteiger partial charge in [-0.25, -0.2) is 0 Å². The van der Waals surface area contributed by atoms with Crippen LogP contribution in [0.5, 0.6) is 0 Å². The first-order valence-corrected chi connectivity index (χ1v) is 6.45. The molecule has 4 N–H and O–H groups in total. The summed E-state index contributed by atoms with van der Waals surface area (Å²) in [7, 11) is 0. The van der Waals surface area contributed by atoms with Gasteiger partial charge in [0.05, 0.1) is 12.6 Å². The lowest BCUT2D eigenvalue weighted by atomic mass is 10.2. The summed E-state index contributed by atoms with van der Waals surface area (Å²) in [5, 5.41) is 5.87. The average Bonchev–Trinajstić information content (AvgIpc) is 2.33. The fraction of sp³-hybridized carbons (Fsp3) is 0.833. The van der Waals surface area contributed by atoms with Crippen LogP contribution < -0.4 is 16.4 Å². The Morgan fingerprint density at radius 2 is 2.00 bits per heavy atom. The Bertz CT molecular complexity index is 247. The van der Waals surface area contributed by atoms with Gasteiger partial charge in [-0.05, 0) is 13.3 Å². The monoisotopic (exact) mass is 259 g/mol. The number of carbonyl (C=O) groups excluding carboxylic acids is 2. The zero-order valence-corrected chi connectivity index (χ0v) is 11.3. The van der Waals surface area contributed by atoms with E-state index in [2.05, 4.69) is 17.6 Å². The first-order chi connectivity index (χ1) is 8.57. The van der Waals surface area contributed by atoms with Gasteiger partial charge in [0.25, 0.3) is 0 Å². The van der Waals surface area contributed by atoms with Gasteiger partial charge in [0.15, 0.2) is 0 Å².